The van der Waals surface area contributed by atoms with E-state index in [4.69, 9.17) is 0 Å². The molecule has 1 aromatic heterocycles. The Bertz CT molecular complexity index is 870. The van der Waals surface area contributed by atoms with E-state index in [0.717, 1.165) is 16.0 Å². The lowest BCUT2D eigenvalue weighted by molar-refractivity contribution is -0.117. The van der Waals surface area contributed by atoms with E-state index in [0.29, 0.717) is 5.56 Å². The van der Waals surface area contributed by atoms with Crippen LogP contribution in [0, 0.1) is 0 Å². The largest absolute Gasteiger partial charge is 0.269 e. The van der Waals surface area contributed by atoms with E-state index < -0.39 is 0 Å². The number of hydrogen-bond acceptors (Lipinski definition) is 3. The van der Waals surface area contributed by atoms with E-state index >= 15 is 0 Å². The fraction of sp³-hybridized carbons (Fsp3) is 0. The number of carbonyl (C=O) groups is 2. The van der Waals surface area contributed by atoms with Gasteiger partial charge in [0.2, 0.25) is 0 Å². The summed E-state index contributed by atoms with van der Waals surface area (Å²) in [5, 5.41) is 1.93. The fourth-order valence-electron chi connectivity index (χ4n) is 2.22. The van der Waals surface area contributed by atoms with E-state index in [-0.39, 0.29) is 11.8 Å². The van der Waals surface area contributed by atoms with Gasteiger partial charge in [0, 0.05) is 16.5 Å². The van der Waals surface area contributed by atoms with Gasteiger partial charge < -0.3 is 0 Å². The Morgan fingerprint density at radius 2 is 1.52 bits per heavy atom. The second-order valence-corrected chi connectivity index (χ2v) is 6.21. The van der Waals surface area contributed by atoms with Gasteiger partial charge in [-0.25, -0.2) is 0 Å². The van der Waals surface area contributed by atoms with Crippen LogP contribution in [0.15, 0.2) is 78.2 Å². The third-order valence-corrected chi connectivity index (χ3v) is 4.33. The molecule has 0 atom stereocenters. The monoisotopic (exact) mass is 348 g/mol. The summed E-state index contributed by atoms with van der Waals surface area (Å²) in [4.78, 5) is 24.8. The Balaban J connectivity index is 1.55. The minimum atomic E-state index is -0.386. The fourth-order valence-corrected chi connectivity index (χ4v) is 2.84. The van der Waals surface area contributed by atoms with Crippen molar-refractivity contribution in [3.8, 4) is 11.1 Å². The van der Waals surface area contributed by atoms with Gasteiger partial charge in [0.25, 0.3) is 11.8 Å². The number of rotatable bonds is 4. The van der Waals surface area contributed by atoms with Crippen molar-refractivity contribution in [1.29, 1.82) is 0 Å². The van der Waals surface area contributed by atoms with Crippen molar-refractivity contribution in [2.45, 2.75) is 0 Å². The smallest absolute Gasteiger partial charge is 0.268 e. The first-order valence-electron chi connectivity index (χ1n) is 7.70. The molecule has 0 radical (unpaired) electrons. The number of benzene rings is 2. The number of carbonyl (C=O) groups excluding carboxylic acids is 2. The number of thiophene rings is 1. The minimum Gasteiger partial charge on any atom is -0.268 e. The molecule has 0 spiro atoms. The minimum absolute atomic E-state index is 0.363. The molecular weight excluding hydrogens is 332 g/mol. The zero-order valence-electron chi connectivity index (χ0n) is 13.3. The van der Waals surface area contributed by atoms with Crippen LogP contribution in [0.3, 0.4) is 0 Å². The van der Waals surface area contributed by atoms with Crippen LogP contribution < -0.4 is 10.9 Å². The summed E-state index contributed by atoms with van der Waals surface area (Å²) in [7, 11) is 0. The lowest BCUT2D eigenvalue weighted by Gasteiger charge is -2.06. The summed E-state index contributed by atoms with van der Waals surface area (Å²) in [6.07, 6.45) is 3.07. The van der Waals surface area contributed by atoms with Gasteiger partial charge in [-0.05, 0) is 40.8 Å². The van der Waals surface area contributed by atoms with Gasteiger partial charge in [-0.1, -0.05) is 48.5 Å². The van der Waals surface area contributed by atoms with Crippen molar-refractivity contribution in [2.75, 3.05) is 0 Å². The maximum absolute atomic E-state index is 12.1. The lowest BCUT2D eigenvalue weighted by atomic mass is 10.0. The molecule has 0 aliphatic carbocycles. The van der Waals surface area contributed by atoms with Crippen molar-refractivity contribution in [3.63, 3.8) is 0 Å². The van der Waals surface area contributed by atoms with E-state index in [1.165, 1.54) is 17.4 Å². The van der Waals surface area contributed by atoms with Crippen LogP contribution in [0.1, 0.15) is 15.2 Å². The van der Waals surface area contributed by atoms with Crippen LogP contribution in [-0.4, -0.2) is 11.8 Å². The maximum Gasteiger partial charge on any atom is 0.269 e. The molecule has 0 bridgehead atoms. The second-order valence-electron chi connectivity index (χ2n) is 5.24. The highest BCUT2D eigenvalue weighted by Crippen LogP contribution is 2.19. The zero-order chi connectivity index (χ0) is 17.5. The Morgan fingerprint density at radius 1 is 0.800 bits per heavy atom. The highest BCUT2D eigenvalue weighted by Gasteiger charge is 2.06. The van der Waals surface area contributed by atoms with E-state index in [1.807, 2.05) is 60.0 Å². The average molecular weight is 348 g/mol. The quantitative estimate of drug-likeness (QED) is 0.555. The van der Waals surface area contributed by atoms with Gasteiger partial charge in [0.1, 0.15) is 0 Å². The Kier molecular flexibility index (Phi) is 5.39. The third kappa shape index (κ3) is 4.65. The van der Waals surface area contributed by atoms with Crippen molar-refractivity contribution in [3.05, 3.63) is 88.6 Å². The summed E-state index contributed by atoms with van der Waals surface area (Å²) < 4.78 is 0. The van der Waals surface area contributed by atoms with Gasteiger partial charge >= 0.3 is 0 Å². The van der Waals surface area contributed by atoms with Crippen molar-refractivity contribution in [1.82, 2.24) is 10.9 Å². The summed E-state index contributed by atoms with van der Waals surface area (Å²) in [5.41, 5.74) is 7.36. The second kappa shape index (κ2) is 8.08. The summed E-state index contributed by atoms with van der Waals surface area (Å²) in [6, 6.07) is 20.9. The topological polar surface area (TPSA) is 58.2 Å². The first-order chi connectivity index (χ1) is 12.2. The van der Waals surface area contributed by atoms with Gasteiger partial charge in [-0.15, -0.1) is 11.3 Å². The molecule has 2 amide bonds. The summed E-state index contributed by atoms with van der Waals surface area (Å²) in [6.45, 7) is 0. The zero-order valence-corrected chi connectivity index (χ0v) is 14.1. The molecule has 4 nitrogen and oxygen atoms in total. The SMILES string of the molecule is O=C(C=Cc1cccs1)NNC(=O)c1ccc(-c2ccccc2)cc1. The number of nitrogens with one attached hydrogen (secondary N) is 2. The molecule has 3 rings (SSSR count). The normalized spacial score (nSPS) is 10.6. The Hall–Kier alpha value is -3.18. The molecule has 0 aliphatic rings. The first kappa shape index (κ1) is 16.7. The molecule has 5 heteroatoms. The van der Waals surface area contributed by atoms with Crippen molar-refractivity contribution in [2.24, 2.45) is 0 Å². The molecule has 25 heavy (non-hydrogen) atoms. The predicted octanol–water partition coefficient (Wildman–Crippen LogP) is 3.89. The molecule has 0 saturated carbocycles. The molecule has 0 saturated heterocycles. The van der Waals surface area contributed by atoms with Crippen LogP contribution in [0.4, 0.5) is 0 Å². The number of amides is 2. The third-order valence-electron chi connectivity index (χ3n) is 3.50. The van der Waals surface area contributed by atoms with E-state index in [1.54, 1.807) is 18.2 Å². The standard InChI is InChI=1S/C20H16N2O2S/c23-19(13-12-18-7-4-14-25-18)21-22-20(24)17-10-8-16(9-11-17)15-5-2-1-3-6-15/h1-14H,(H,21,23)(H,22,24). The van der Waals surface area contributed by atoms with Crippen LogP contribution >= 0.6 is 11.3 Å². The van der Waals surface area contributed by atoms with Crippen molar-refractivity contribution < 1.29 is 9.59 Å². The summed E-state index contributed by atoms with van der Waals surface area (Å²) in [5.74, 6) is -0.750. The Morgan fingerprint density at radius 3 is 2.20 bits per heavy atom. The van der Waals surface area contributed by atoms with Crippen LogP contribution in [0.5, 0.6) is 0 Å². The van der Waals surface area contributed by atoms with E-state index in [2.05, 4.69) is 10.9 Å². The molecular formula is C20H16N2O2S. The molecule has 124 valence electrons. The predicted molar refractivity (Wildman–Crippen MR) is 101 cm³/mol. The molecule has 0 fully saturated rings. The van der Waals surface area contributed by atoms with Gasteiger partial charge in [0.05, 0.1) is 0 Å². The van der Waals surface area contributed by atoms with Gasteiger partial charge in [-0.2, -0.15) is 0 Å². The van der Waals surface area contributed by atoms with E-state index in [9.17, 15) is 9.59 Å². The van der Waals surface area contributed by atoms with Crippen molar-refractivity contribution >= 4 is 29.2 Å². The molecule has 2 aromatic carbocycles. The highest BCUT2D eigenvalue weighted by molar-refractivity contribution is 7.10. The van der Waals surface area contributed by atoms with Crippen LogP contribution in [0.25, 0.3) is 17.2 Å². The van der Waals surface area contributed by atoms with Crippen LogP contribution in [-0.2, 0) is 4.79 Å². The summed E-state index contributed by atoms with van der Waals surface area (Å²) >= 11 is 1.53. The molecule has 1 heterocycles. The average Bonchev–Trinajstić information content (AvgIpc) is 3.19. The highest BCUT2D eigenvalue weighted by atomic mass is 32.1. The molecule has 0 aliphatic heterocycles. The first-order valence-corrected chi connectivity index (χ1v) is 8.58. The molecule has 3 aromatic rings. The number of hydrogen-bond donors (Lipinski definition) is 2. The van der Waals surface area contributed by atoms with Gasteiger partial charge in [-0.3, -0.25) is 20.4 Å². The van der Waals surface area contributed by atoms with Crippen LogP contribution in [0.2, 0.25) is 0 Å². The van der Waals surface area contributed by atoms with Gasteiger partial charge in [0.15, 0.2) is 0 Å². The Labute approximate surface area is 149 Å². The lowest BCUT2D eigenvalue weighted by Crippen LogP contribution is -2.40. The number of hydrazine groups is 1. The molecule has 2 N–H and O–H groups in total. The molecule has 0 unspecified atom stereocenters. The maximum atomic E-state index is 12.1.